The summed E-state index contributed by atoms with van der Waals surface area (Å²) in [6, 6.07) is 0. The first-order valence-corrected chi connectivity index (χ1v) is 10.4. The Bertz CT molecular complexity index is 986. The molecule has 0 aromatic carbocycles. The van der Waals surface area contributed by atoms with Gasteiger partial charge in [-0.1, -0.05) is 13.8 Å². The number of Topliss-reactive ketones (excluding diaryl/α,β-unsaturated/α-hetero) is 1. The van der Waals surface area contributed by atoms with Gasteiger partial charge in [-0.3, -0.25) is 34.1 Å². The highest BCUT2D eigenvalue weighted by Gasteiger charge is 2.65. The van der Waals surface area contributed by atoms with E-state index in [-0.39, 0.29) is 0 Å². The molecule has 0 bridgehead atoms. The van der Waals surface area contributed by atoms with Gasteiger partial charge in [0, 0.05) is 12.8 Å². The number of aliphatic imine (C=N–C) groups is 2. The molecule has 1 fully saturated rings. The lowest BCUT2D eigenvalue weighted by molar-refractivity contribution is -0.356. The number of ether oxygens (including phenoxy) is 2. The minimum atomic E-state index is -5.24. The maximum atomic E-state index is 13.1. The number of fused-ring (bicyclic) bond motifs is 1. The van der Waals surface area contributed by atoms with Gasteiger partial charge >= 0.3 is 6.36 Å². The van der Waals surface area contributed by atoms with Crippen molar-refractivity contribution in [3.8, 4) is 0 Å². The van der Waals surface area contributed by atoms with Crippen molar-refractivity contribution in [1.82, 2.24) is 15.1 Å². The number of ketones is 1. The van der Waals surface area contributed by atoms with Crippen molar-refractivity contribution in [2.24, 2.45) is 15.9 Å². The number of hydrogen-bond donors (Lipinski definition) is 3. The first kappa shape index (κ1) is 26.7. The second-order valence-corrected chi connectivity index (χ2v) is 8.43. The second kappa shape index (κ2) is 9.25. The number of aliphatic hydroxyl groups excluding tert-OH is 2. The fourth-order valence-corrected chi connectivity index (χ4v) is 4.02. The summed E-state index contributed by atoms with van der Waals surface area (Å²) in [7, 11) is 0. The molecule has 0 aliphatic carbocycles. The standard InChI is InChI=1S/C19H24F3N5O8/c1-7(2)13(32)24-17-25-15(33)18(8(3)29)16(27(17)9(4)30)26(6-23-18)14-12(35-19(20,21)22)11(31)10(5-28)34-14/h6-7,10-12,14,16,28,31H,5H2,1-4H3,(H,24,25,32,33)/t10-,11?,12?,14-,16?,18?/m1/s1. The Kier molecular flexibility index (Phi) is 7.05. The molecule has 4 unspecified atom stereocenters. The van der Waals surface area contributed by atoms with Crippen LogP contribution in [0.3, 0.4) is 0 Å². The third-order valence-corrected chi connectivity index (χ3v) is 5.75. The molecule has 0 radical (unpaired) electrons. The van der Waals surface area contributed by atoms with Crippen LogP contribution in [0.4, 0.5) is 13.2 Å². The van der Waals surface area contributed by atoms with E-state index in [0.29, 0.717) is 0 Å². The third-order valence-electron chi connectivity index (χ3n) is 5.75. The molecular formula is C19H24F3N5O8. The van der Waals surface area contributed by atoms with Crippen molar-refractivity contribution in [2.75, 3.05) is 6.61 Å². The SMILES string of the molecule is CC(=O)N1C(NC(=O)C(C)C)=NC(=O)C2(C(C)=O)N=CN([C@@H]3O[C@H](CO)C(O)C3OC(F)(F)F)C12. The lowest BCUT2D eigenvalue weighted by Gasteiger charge is -2.45. The number of carbonyl (C=O) groups is 4. The molecule has 35 heavy (non-hydrogen) atoms. The van der Waals surface area contributed by atoms with E-state index >= 15 is 0 Å². The highest BCUT2D eigenvalue weighted by molar-refractivity contribution is 6.21. The Labute approximate surface area is 196 Å². The minimum Gasteiger partial charge on any atom is -0.394 e. The fraction of sp³-hybridized carbons (Fsp3) is 0.684. The predicted molar refractivity (Wildman–Crippen MR) is 108 cm³/mol. The molecule has 0 spiro atoms. The Morgan fingerprint density at radius 2 is 1.94 bits per heavy atom. The van der Waals surface area contributed by atoms with Gasteiger partial charge in [0.25, 0.3) is 5.91 Å². The highest BCUT2D eigenvalue weighted by Crippen LogP contribution is 2.40. The number of halogens is 3. The van der Waals surface area contributed by atoms with Crippen LogP contribution in [0.15, 0.2) is 9.98 Å². The summed E-state index contributed by atoms with van der Waals surface area (Å²) in [4.78, 5) is 59.8. The number of aliphatic hydroxyl groups is 2. The maximum absolute atomic E-state index is 13.1. The van der Waals surface area contributed by atoms with Crippen LogP contribution in [0.25, 0.3) is 0 Å². The summed E-state index contributed by atoms with van der Waals surface area (Å²) in [5.41, 5.74) is -2.40. The molecule has 16 heteroatoms. The van der Waals surface area contributed by atoms with Crippen LogP contribution in [0.5, 0.6) is 0 Å². The van der Waals surface area contributed by atoms with Crippen molar-refractivity contribution in [3.63, 3.8) is 0 Å². The van der Waals surface area contributed by atoms with Crippen molar-refractivity contribution in [2.45, 2.75) is 70.3 Å². The van der Waals surface area contributed by atoms with Gasteiger partial charge in [0.1, 0.15) is 18.3 Å². The fourth-order valence-electron chi connectivity index (χ4n) is 4.02. The molecule has 0 aromatic rings. The molecular weight excluding hydrogens is 483 g/mol. The van der Waals surface area contributed by atoms with Crippen LogP contribution in [-0.4, -0.2) is 105 Å². The molecule has 194 valence electrons. The van der Waals surface area contributed by atoms with E-state index in [0.717, 1.165) is 30.0 Å². The van der Waals surface area contributed by atoms with Gasteiger partial charge in [0.2, 0.25) is 23.3 Å². The summed E-state index contributed by atoms with van der Waals surface area (Å²) in [5.74, 6) is -4.76. The molecule has 0 saturated carbocycles. The molecule has 13 nitrogen and oxygen atoms in total. The lowest BCUT2D eigenvalue weighted by atomic mass is 9.88. The van der Waals surface area contributed by atoms with Gasteiger partial charge in [0.05, 0.1) is 12.9 Å². The first-order chi connectivity index (χ1) is 16.2. The zero-order valence-electron chi connectivity index (χ0n) is 19.0. The largest absolute Gasteiger partial charge is 0.523 e. The van der Waals surface area contributed by atoms with E-state index < -0.39 is 84.6 Å². The number of nitrogens with zero attached hydrogens (tertiary/aromatic N) is 4. The quantitative estimate of drug-likeness (QED) is 0.374. The number of guanidine groups is 1. The number of nitrogens with one attached hydrogen (secondary N) is 1. The molecule has 6 atom stereocenters. The number of rotatable bonds is 5. The van der Waals surface area contributed by atoms with E-state index in [9.17, 15) is 42.6 Å². The average Bonchev–Trinajstić information content (AvgIpc) is 3.26. The minimum absolute atomic E-state index is 0.566. The van der Waals surface area contributed by atoms with Crippen molar-refractivity contribution in [3.05, 3.63) is 0 Å². The van der Waals surface area contributed by atoms with Crippen molar-refractivity contribution in [1.29, 1.82) is 0 Å². The molecule has 3 rings (SSSR count). The van der Waals surface area contributed by atoms with Crippen LogP contribution in [0, 0.1) is 5.92 Å². The average molecular weight is 507 g/mol. The van der Waals surface area contributed by atoms with Gasteiger partial charge in [-0.25, -0.2) is 4.99 Å². The zero-order valence-corrected chi connectivity index (χ0v) is 19.0. The normalized spacial score (nSPS) is 32.7. The Balaban J connectivity index is 2.13. The number of alkyl halides is 3. The van der Waals surface area contributed by atoms with Crippen molar-refractivity contribution >= 4 is 35.8 Å². The smallest absolute Gasteiger partial charge is 0.394 e. The summed E-state index contributed by atoms with van der Waals surface area (Å²) in [6.45, 7) is 4.13. The van der Waals surface area contributed by atoms with Gasteiger partial charge in [0.15, 0.2) is 18.2 Å². The van der Waals surface area contributed by atoms with Crippen LogP contribution in [-0.2, 0) is 28.7 Å². The highest BCUT2D eigenvalue weighted by atomic mass is 19.4. The van der Waals surface area contributed by atoms with Crippen LogP contribution in [0.1, 0.15) is 27.7 Å². The van der Waals surface area contributed by atoms with Gasteiger partial charge in [-0.15, -0.1) is 13.2 Å². The van der Waals surface area contributed by atoms with Gasteiger partial charge in [-0.2, -0.15) is 4.99 Å². The summed E-state index contributed by atoms with van der Waals surface area (Å²) >= 11 is 0. The number of carbonyl (C=O) groups excluding carboxylic acids is 4. The third kappa shape index (κ3) is 4.53. The van der Waals surface area contributed by atoms with E-state index in [4.69, 9.17) is 4.74 Å². The monoisotopic (exact) mass is 507 g/mol. The molecule has 3 aliphatic rings. The maximum Gasteiger partial charge on any atom is 0.523 e. The Morgan fingerprint density at radius 1 is 1.31 bits per heavy atom. The topological polar surface area (TPSA) is 170 Å². The lowest BCUT2D eigenvalue weighted by Crippen LogP contribution is -2.72. The second-order valence-electron chi connectivity index (χ2n) is 8.43. The molecule has 3 N–H and O–H groups in total. The van der Waals surface area contributed by atoms with E-state index in [1.807, 2.05) is 0 Å². The van der Waals surface area contributed by atoms with E-state index in [1.165, 1.54) is 13.8 Å². The van der Waals surface area contributed by atoms with E-state index in [2.05, 4.69) is 20.0 Å². The first-order valence-electron chi connectivity index (χ1n) is 10.4. The van der Waals surface area contributed by atoms with Crippen LogP contribution >= 0.6 is 0 Å². The summed E-state index contributed by atoms with van der Waals surface area (Å²) in [5, 5.41) is 22.0. The van der Waals surface area contributed by atoms with Gasteiger partial charge < -0.3 is 19.8 Å². The predicted octanol–water partition coefficient (Wildman–Crippen LogP) is -1.52. The molecule has 1 saturated heterocycles. The van der Waals surface area contributed by atoms with Crippen LogP contribution in [0.2, 0.25) is 0 Å². The van der Waals surface area contributed by atoms with Gasteiger partial charge in [-0.05, 0) is 6.92 Å². The van der Waals surface area contributed by atoms with Crippen molar-refractivity contribution < 1.29 is 52.0 Å². The molecule has 3 heterocycles. The number of amides is 3. The molecule has 3 amide bonds. The zero-order chi connectivity index (χ0) is 26.5. The molecule has 3 aliphatic heterocycles. The Morgan fingerprint density at radius 3 is 2.43 bits per heavy atom. The summed E-state index contributed by atoms with van der Waals surface area (Å²) in [6.07, 6.45) is -13.7. The van der Waals surface area contributed by atoms with Crippen LogP contribution < -0.4 is 5.32 Å². The molecule has 0 aromatic heterocycles. The van der Waals surface area contributed by atoms with E-state index in [1.54, 1.807) is 0 Å². The summed E-state index contributed by atoms with van der Waals surface area (Å²) < 4.78 is 48.7. The Hall–Kier alpha value is -2.95. The number of hydrogen-bond acceptors (Lipinski definition) is 10.